The van der Waals surface area contributed by atoms with Crippen molar-refractivity contribution in [2.75, 3.05) is 0 Å². The highest BCUT2D eigenvalue weighted by atomic mass is 16.5. The van der Waals surface area contributed by atoms with Crippen molar-refractivity contribution in [3.8, 4) is 5.75 Å². The van der Waals surface area contributed by atoms with Gasteiger partial charge >= 0.3 is 5.97 Å². The van der Waals surface area contributed by atoms with Crippen LogP contribution in [-0.2, 0) is 11.8 Å². The molecule has 1 fully saturated rings. The molecule has 31 heavy (non-hydrogen) atoms. The molecule has 0 aliphatic heterocycles. The fraction of sp³-hybridized carbons (Fsp3) is 0.552. The van der Waals surface area contributed by atoms with Crippen molar-refractivity contribution >= 4 is 5.97 Å². The molecule has 1 aliphatic rings. The van der Waals surface area contributed by atoms with Gasteiger partial charge in [0.2, 0.25) is 0 Å². The van der Waals surface area contributed by atoms with Crippen molar-refractivity contribution < 1.29 is 9.53 Å². The summed E-state index contributed by atoms with van der Waals surface area (Å²) in [4.78, 5) is 12.6. The SMILES string of the molecule is CCCCCCCCc1ccc(C(=O)Oc2ccc(C3(CC)CCCCC3)cc2)cc1. The van der Waals surface area contributed by atoms with Crippen LogP contribution in [-0.4, -0.2) is 5.97 Å². The maximum atomic E-state index is 12.6. The highest BCUT2D eigenvalue weighted by molar-refractivity contribution is 5.91. The molecular weight excluding hydrogens is 380 g/mol. The van der Waals surface area contributed by atoms with Crippen LogP contribution < -0.4 is 4.74 Å². The lowest BCUT2D eigenvalue weighted by atomic mass is 9.68. The van der Waals surface area contributed by atoms with E-state index in [2.05, 4.69) is 38.1 Å². The number of unbranched alkanes of at least 4 members (excludes halogenated alkanes) is 5. The van der Waals surface area contributed by atoms with E-state index >= 15 is 0 Å². The van der Waals surface area contributed by atoms with Gasteiger partial charge in [-0.05, 0) is 72.9 Å². The molecule has 0 aromatic heterocycles. The Hall–Kier alpha value is -2.09. The molecule has 0 heterocycles. The van der Waals surface area contributed by atoms with Gasteiger partial charge in [-0.15, -0.1) is 0 Å². The third-order valence-electron chi connectivity index (χ3n) is 7.17. The van der Waals surface area contributed by atoms with Crippen molar-refractivity contribution in [1.29, 1.82) is 0 Å². The Labute approximate surface area is 189 Å². The van der Waals surface area contributed by atoms with Crippen LogP contribution in [0.2, 0.25) is 0 Å². The fourth-order valence-electron chi connectivity index (χ4n) is 5.03. The number of aryl methyl sites for hydroxylation is 1. The molecule has 0 saturated heterocycles. The van der Waals surface area contributed by atoms with Gasteiger partial charge in [-0.2, -0.15) is 0 Å². The molecule has 0 spiro atoms. The van der Waals surface area contributed by atoms with E-state index < -0.39 is 0 Å². The summed E-state index contributed by atoms with van der Waals surface area (Å²) in [5, 5.41) is 0. The van der Waals surface area contributed by atoms with Crippen molar-refractivity contribution in [1.82, 2.24) is 0 Å². The van der Waals surface area contributed by atoms with Gasteiger partial charge in [0, 0.05) is 0 Å². The minimum Gasteiger partial charge on any atom is -0.423 e. The lowest BCUT2D eigenvalue weighted by Crippen LogP contribution is -2.28. The first kappa shape index (κ1) is 23.6. The van der Waals surface area contributed by atoms with Gasteiger partial charge in [-0.25, -0.2) is 4.79 Å². The van der Waals surface area contributed by atoms with Crippen LogP contribution in [0, 0.1) is 0 Å². The molecule has 2 aromatic rings. The number of rotatable bonds is 11. The molecule has 0 radical (unpaired) electrons. The number of carbonyl (C=O) groups excluding carboxylic acids is 1. The Balaban J connectivity index is 1.50. The minimum atomic E-state index is -0.276. The highest BCUT2D eigenvalue weighted by Gasteiger charge is 2.31. The quantitative estimate of drug-likeness (QED) is 0.207. The van der Waals surface area contributed by atoms with Crippen molar-refractivity contribution in [3.05, 3.63) is 65.2 Å². The van der Waals surface area contributed by atoms with E-state index in [1.165, 1.54) is 88.2 Å². The van der Waals surface area contributed by atoms with E-state index in [1.54, 1.807) is 0 Å². The van der Waals surface area contributed by atoms with Crippen LogP contribution in [0.25, 0.3) is 0 Å². The lowest BCUT2D eigenvalue weighted by Gasteiger charge is -2.37. The number of esters is 1. The summed E-state index contributed by atoms with van der Waals surface area (Å²) < 4.78 is 5.65. The van der Waals surface area contributed by atoms with E-state index in [9.17, 15) is 4.79 Å². The third-order valence-corrected chi connectivity index (χ3v) is 7.17. The summed E-state index contributed by atoms with van der Waals surface area (Å²) in [5.41, 5.74) is 3.63. The van der Waals surface area contributed by atoms with Crippen LogP contribution in [0.5, 0.6) is 5.75 Å². The number of ether oxygens (including phenoxy) is 1. The molecule has 0 unspecified atom stereocenters. The molecule has 3 rings (SSSR count). The molecule has 0 atom stereocenters. The molecule has 0 N–H and O–H groups in total. The zero-order valence-electron chi connectivity index (χ0n) is 19.6. The zero-order chi connectivity index (χ0) is 21.9. The summed E-state index contributed by atoms with van der Waals surface area (Å²) in [7, 11) is 0. The molecule has 0 bridgehead atoms. The predicted molar refractivity (Wildman–Crippen MR) is 130 cm³/mol. The first-order chi connectivity index (χ1) is 15.2. The summed E-state index contributed by atoms with van der Waals surface area (Å²) in [5.74, 6) is 0.355. The van der Waals surface area contributed by atoms with Gasteiger partial charge in [0.1, 0.15) is 5.75 Å². The molecular formula is C29H40O2. The number of hydrogen-bond donors (Lipinski definition) is 0. The van der Waals surface area contributed by atoms with E-state index in [0.717, 1.165) is 6.42 Å². The smallest absolute Gasteiger partial charge is 0.343 e. The summed E-state index contributed by atoms with van der Waals surface area (Å²) >= 11 is 0. The summed E-state index contributed by atoms with van der Waals surface area (Å²) in [6.07, 6.45) is 16.6. The van der Waals surface area contributed by atoms with E-state index in [-0.39, 0.29) is 5.97 Å². The maximum absolute atomic E-state index is 12.6. The van der Waals surface area contributed by atoms with Crippen LogP contribution in [0.1, 0.15) is 112 Å². The zero-order valence-corrected chi connectivity index (χ0v) is 19.6. The van der Waals surface area contributed by atoms with E-state index in [0.29, 0.717) is 16.7 Å². The molecule has 2 heteroatoms. The molecule has 0 amide bonds. The van der Waals surface area contributed by atoms with Crippen molar-refractivity contribution in [2.24, 2.45) is 0 Å². The van der Waals surface area contributed by atoms with Crippen LogP contribution >= 0.6 is 0 Å². The Morgan fingerprint density at radius 1 is 0.806 bits per heavy atom. The van der Waals surface area contributed by atoms with Crippen LogP contribution in [0.3, 0.4) is 0 Å². The standard InChI is InChI=1S/C29H40O2/c1-3-5-6-7-8-10-13-24-14-16-25(17-15-24)28(30)31-27-20-18-26(19-21-27)29(4-2)22-11-9-12-23-29/h14-21H,3-13,22-23H2,1-2H3. The summed E-state index contributed by atoms with van der Waals surface area (Å²) in [6.45, 7) is 4.55. The topological polar surface area (TPSA) is 26.3 Å². The van der Waals surface area contributed by atoms with Gasteiger partial charge in [0.15, 0.2) is 0 Å². The first-order valence-electron chi connectivity index (χ1n) is 12.6. The number of benzene rings is 2. The molecule has 2 nitrogen and oxygen atoms in total. The number of carbonyl (C=O) groups is 1. The van der Waals surface area contributed by atoms with Crippen molar-refractivity contribution in [3.63, 3.8) is 0 Å². The lowest BCUT2D eigenvalue weighted by molar-refractivity contribution is 0.0734. The predicted octanol–water partition coefficient (Wildman–Crippen LogP) is 8.42. The van der Waals surface area contributed by atoms with Gasteiger partial charge in [-0.1, -0.05) is 89.5 Å². The molecule has 2 aromatic carbocycles. The minimum absolute atomic E-state index is 0.276. The number of hydrogen-bond acceptors (Lipinski definition) is 2. The molecule has 1 aliphatic carbocycles. The Morgan fingerprint density at radius 3 is 2.10 bits per heavy atom. The Morgan fingerprint density at radius 2 is 1.45 bits per heavy atom. The molecule has 168 valence electrons. The van der Waals surface area contributed by atoms with Crippen LogP contribution in [0.4, 0.5) is 0 Å². The largest absolute Gasteiger partial charge is 0.423 e. The highest BCUT2D eigenvalue weighted by Crippen LogP contribution is 2.42. The summed E-state index contributed by atoms with van der Waals surface area (Å²) in [6, 6.07) is 16.2. The average Bonchev–Trinajstić information content (AvgIpc) is 2.82. The normalized spacial score (nSPS) is 15.5. The Kier molecular flexibility index (Phi) is 9.18. The van der Waals surface area contributed by atoms with Crippen LogP contribution in [0.15, 0.2) is 48.5 Å². The maximum Gasteiger partial charge on any atom is 0.343 e. The fourth-order valence-corrected chi connectivity index (χ4v) is 5.03. The monoisotopic (exact) mass is 420 g/mol. The van der Waals surface area contributed by atoms with Gasteiger partial charge in [-0.3, -0.25) is 0 Å². The average molecular weight is 421 g/mol. The van der Waals surface area contributed by atoms with E-state index in [1.807, 2.05) is 24.3 Å². The van der Waals surface area contributed by atoms with Gasteiger partial charge in [0.05, 0.1) is 5.56 Å². The molecule has 1 saturated carbocycles. The third kappa shape index (κ3) is 6.69. The van der Waals surface area contributed by atoms with Gasteiger partial charge < -0.3 is 4.74 Å². The van der Waals surface area contributed by atoms with Crippen molar-refractivity contribution in [2.45, 2.75) is 103 Å². The second-order valence-corrected chi connectivity index (χ2v) is 9.32. The van der Waals surface area contributed by atoms with Gasteiger partial charge in [0.25, 0.3) is 0 Å². The Bertz CT molecular complexity index is 782. The van der Waals surface area contributed by atoms with E-state index in [4.69, 9.17) is 4.74 Å². The first-order valence-corrected chi connectivity index (χ1v) is 12.6. The second kappa shape index (κ2) is 12.1. The second-order valence-electron chi connectivity index (χ2n) is 9.32.